The van der Waals surface area contributed by atoms with Crippen LogP contribution in [0.2, 0.25) is 0 Å². The number of nitrogens with zero attached hydrogens (tertiary/aromatic N) is 1. The second kappa shape index (κ2) is 6.68. The Bertz CT molecular complexity index is 559. The molecule has 0 saturated carbocycles. The van der Waals surface area contributed by atoms with Gasteiger partial charge in [0.05, 0.1) is 12.2 Å². The van der Waals surface area contributed by atoms with Crippen LogP contribution in [0.3, 0.4) is 0 Å². The third-order valence-corrected chi connectivity index (χ3v) is 3.81. The zero-order valence-corrected chi connectivity index (χ0v) is 12.3. The van der Waals surface area contributed by atoms with Crippen molar-refractivity contribution in [1.82, 2.24) is 0 Å². The zero-order valence-electron chi connectivity index (χ0n) is 12.3. The maximum atomic E-state index is 12.0. The SMILES string of the molecule is O=CCCCC[C@H]1CN(c2ccc3c(c2)OCCO3)C(=O)O1. The zero-order chi connectivity index (χ0) is 15.4. The van der Waals surface area contributed by atoms with E-state index < -0.39 is 0 Å². The smallest absolute Gasteiger partial charge is 0.414 e. The van der Waals surface area contributed by atoms with Gasteiger partial charge < -0.3 is 19.0 Å². The van der Waals surface area contributed by atoms with E-state index in [0.29, 0.717) is 37.7 Å². The fourth-order valence-corrected chi connectivity index (χ4v) is 2.68. The number of hydrogen-bond donors (Lipinski definition) is 0. The van der Waals surface area contributed by atoms with Crippen LogP contribution in [0.5, 0.6) is 11.5 Å². The number of rotatable bonds is 6. The molecule has 1 saturated heterocycles. The third kappa shape index (κ3) is 3.16. The van der Waals surface area contributed by atoms with Crippen LogP contribution in [0.15, 0.2) is 18.2 Å². The third-order valence-electron chi connectivity index (χ3n) is 3.81. The Morgan fingerprint density at radius 2 is 2.00 bits per heavy atom. The molecule has 2 aliphatic heterocycles. The second-order valence-electron chi connectivity index (χ2n) is 5.40. The fraction of sp³-hybridized carbons (Fsp3) is 0.500. The molecule has 2 aliphatic rings. The largest absolute Gasteiger partial charge is 0.486 e. The average Bonchev–Trinajstić information content (AvgIpc) is 2.92. The highest BCUT2D eigenvalue weighted by molar-refractivity contribution is 5.90. The average molecular weight is 305 g/mol. The van der Waals surface area contributed by atoms with Crippen molar-refractivity contribution in [3.8, 4) is 11.5 Å². The molecule has 1 amide bonds. The Hall–Kier alpha value is -2.24. The van der Waals surface area contributed by atoms with E-state index in [9.17, 15) is 9.59 Å². The normalized spacial score (nSPS) is 19.9. The van der Waals surface area contributed by atoms with Crippen molar-refractivity contribution in [2.24, 2.45) is 0 Å². The van der Waals surface area contributed by atoms with Gasteiger partial charge in [-0.25, -0.2) is 4.79 Å². The first-order chi connectivity index (χ1) is 10.8. The number of unbranched alkanes of at least 4 members (excludes halogenated alkanes) is 2. The van der Waals surface area contributed by atoms with Crippen molar-refractivity contribution in [3.05, 3.63) is 18.2 Å². The number of carbonyl (C=O) groups is 2. The number of cyclic esters (lactones) is 1. The molecule has 22 heavy (non-hydrogen) atoms. The number of carbonyl (C=O) groups excluding carboxylic acids is 2. The lowest BCUT2D eigenvalue weighted by atomic mass is 10.1. The molecular weight excluding hydrogens is 286 g/mol. The Labute approximate surface area is 128 Å². The highest BCUT2D eigenvalue weighted by Gasteiger charge is 2.32. The van der Waals surface area contributed by atoms with E-state index in [2.05, 4.69) is 0 Å². The van der Waals surface area contributed by atoms with Gasteiger partial charge in [0.25, 0.3) is 0 Å². The van der Waals surface area contributed by atoms with Gasteiger partial charge in [0.15, 0.2) is 11.5 Å². The molecule has 0 N–H and O–H groups in total. The topological polar surface area (TPSA) is 65.1 Å². The van der Waals surface area contributed by atoms with Crippen molar-refractivity contribution in [1.29, 1.82) is 0 Å². The van der Waals surface area contributed by atoms with Crippen LogP contribution in [0.25, 0.3) is 0 Å². The summed E-state index contributed by atoms with van der Waals surface area (Å²) in [6, 6.07) is 5.46. The fourth-order valence-electron chi connectivity index (χ4n) is 2.68. The molecule has 0 aromatic heterocycles. The number of ether oxygens (including phenoxy) is 3. The summed E-state index contributed by atoms with van der Waals surface area (Å²) in [5.74, 6) is 1.36. The maximum absolute atomic E-state index is 12.0. The van der Waals surface area contributed by atoms with Crippen LogP contribution in [-0.2, 0) is 9.53 Å². The first-order valence-electron chi connectivity index (χ1n) is 7.59. The van der Waals surface area contributed by atoms with Gasteiger partial charge in [0, 0.05) is 12.5 Å². The molecule has 1 fully saturated rings. The summed E-state index contributed by atoms with van der Waals surface area (Å²) in [4.78, 5) is 23.9. The summed E-state index contributed by atoms with van der Waals surface area (Å²) in [5, 5.41) is 0. The van der Waals surface area contributed by atoms with Crippen LogP contribution in [0.1, 0.15) is 25.7 Å². The first kappa shape index (κ1) is 14.7. The predicted octanol–water partition coefficient (Wildman–Crippen LogP) is 2.54. The van der Waals surface area contributed by atoms with Crippen molar-refractivity contribution >= 4 is 18.1 Å². The molecule has 118 valence electrons. The number of amides is 1. The first-order valence-corrected chi connectivity index (χ1v) is 7.59. The van der Waals surface area contributed by atoms with Crippen molar-refractivity contribution in [2.45, 2.75) is 31.8 Å². The quantitative estimate of drug-likeness (QED) is 0.597. The summed E-state index contributed by atoms with van der Waals surface area (Å²) < 4.78 is 16.4. The van der Waals surface area contributed by atoms with E-state index in [1.54, 1.807) is 4.90 Å². The Morgan fingerprint density at radius 3 is 2.82 bits per heavy atom. The number of anilines is 1. The molecular formula is C16H19NO5. The number of hydrogen-bond acceptors (Lipinski definition) is 5. The number of aldehydes is 1. The number of benzene rings is 1. The van der Waals surface area contributed by atoms with E-state index in [-0.39, 0.29) is 12.2 Å². The van der Waals surface area contributed by atoms with Crippen LogP contribution in [-0.4, -0.2) is 38.2 Å². The summed E-state index contributed by atoms with van der Waals surface area (Å²) in [7, 11) is 0. The molecule has 6 heteroatoms. The van der Waals surface area contributed by atoms with Gasteiger partial charge in [0.1, 0.15) is 25.6 Å². The Balaban J connectivity index is 1.62. The molecule has 1 aromatic rings. The van der Waals surface area contributed by atoms with Crippen molar-refractivity contribution in [2.75, 3.05) is 24.7 Å². The highest BCUT2D eigenvalue weighted by Crippen LogP contribution is 2.35. The lowest BCUT2D eigenvalue weighted by Crippen LogP contribution is -2.25. The van der Waals surface area contributed by atoms with E-state index in [1.807, 2.05) is 18.2 Å². The molecule has 1 aromatic carbocycles. The molecule has 0 radical (unpaired) electrons. The standard InChI is InChI=1S/C16H19NO5/c18-7-3-1-2-4-13-11-17(16(19)22-13)12-5-6-14-15(10-12)21-9-8-20-14/h5-7,10,13H,1-4,8-9,11H2/t13-/m0/s1. The minimum atomic E-state index is -0.336. The number of fused-ring (bicyclic) bond motifs is 1. The van der Waals surface area contributed by atoms with Gasteiger partial charge in [0.2, 0.25) is 0 Å². The van der Waals surface area contributed by atoms with Crippen LogP contribution in [0, 0.1) is 0 Å². The Morgan fingerprint density at radius 1 is 1.18 bits per heavy atom. The van der Waals surface area contributed by atoms with Gasteiger partial charge in [-0.05, 0) is 31.4 Å². The minimum absolute atomic E-state index is 0.118. The van der Waals surface area contributed by atoms with E-state index in [1.165, 1.54) is 0 Å². The Kier molecular flexibility index (Phi) is 4.46. The molecule has 0 unspecified atom stereocenters. The second-order valence-corrected chi connectivity index (χ2v) is 5.40. The summed E-state index contributed by atoms with van der Waals surface area (Å²) in [6.45, 7) is 1.58. The van der Waals surface area contributed by atoms with E-state index in [4.69, 9.17) is 14.2 Å². The van der Waals surface area contributed by atoms with E-state index in [0.717, 1.165) is 31.2 Å². The minimum Gasteiger partial charge on any atom is -0.486 e. The van der Waals surface area contributed by atoms with Crippen molar-refractivity contribution in [3.63, 3.8) is 0 Å². The molecule has 1 atom stereocenters. The highest BCUT2D eigenvalue weighted by atomic mass is 16.6. The monoisotopic (exact) mass is 305 g/mol. The van der Waals surface area contributed by atoms with Crippen LogP contribution in [0.4, 0.5) is 10.5 Å². The van der Waals surface area contributed by atoms with Gasteiger partial charge >= 0.3 is 6.09 Å². The molecule has 6 nitrogen and oxygen atoms in total. The van der Waals surface area contributed by atoms with Gasteiger partial charge in [-0.1, -0.05) is 0 Å². The van der Waals surface area contributed by atoms with Crippen LogP contribution >= 0.6 is 0 Å². The van der Waals surface area contributed by atoms with Gasteiger partial charge in [-0.3, -0.25) is 4.90 Å². The van der Waals surface area contributed by atoms with E-state index >= 15 is 0 Å². The lowest BCUT2D eigenvalue weighted by Gasteiger charge is -2.21. The molecule has 3 rings (SSSR count). The molecule has 0 bridgehead atoms. The van der Waals surface area contributed by atoms with Gasteiger partial charge in [-0.2, -0.15) is 0 Å². The lowest BCUT2D eigenvalue weighted by molar-refractivity contribution is -0.107. The van der Waals surface area contributed by atoms with Gasteiger partial charge in [-0.15, -0.1) is 0 Å². The molecule has 2 heterocycles. The van der Waals surface area contributed by atoms with Crippen LogP contribution < -0.4 is 14.4 Å². The predicted molar refractivity (Wildman–Crippen MR) is 79.6 cm³/mol. The molecule has 0 aliphatic carbocycles. The van der Waals surface area contributed by atoms with Crippen molar-refractivity contribution < 1.29 is 23.8 Å². The summed E-state index contributed by atoms with van der Waals surface area (Å²) in [6.07, 6.45) is 3.52. The maximum Gasteiger partial charge on any atom is 0.414 e. The molecule has 0 spiro atoms. The summed E-state index contributed by atoms with van der Waals surface area (Å²) >= 11 is 0. The summed E-state index contributed by atoms with van der Waals surface area (Å²) in [5.41, 5.74) is 0.754.